The van der Waals surface area contributed by atoms with Crippen molar-refractivity contribution in [2.45, 2.75) is 57.0 Å². The number of ketones is 1. The summed E-state index contributed by atoms with van der Waals surface area (Å²) in [5, 5.41) is 25.1. The van der Waals surface area contributed by atoms with Gasteiger partial charge in [0.15, 0.2) is 0 Å². The van der Waals surface area contributed by atoms with Gasteiger partial charge >= 0.3 is 0 Å². The zero-order valence-corrected chi connectivity index (χ0v) is 23.6. The first-order valence-electron chi connectivity index (χ1n) is 14.5. The number of rotatable bonds is 11. The van der Waals surface area contributed by atoms with E-state index in [1.807, 2.05) is 72.9 Å². The van der Waals surface area contributed by atoms with E-state index in [1.165, 1.54) is 0 Å². The Morgan fingerprint density at radius 3 is 2.54 bits per heavy atom. The van der Waals surface area contributed by atoms with E-state index in [1.54, 1.807) is 13.1 Å². The summed E-state index contributed by atoms with van der Waals surface area (Å²) in [6.45, 7) is 4.67. The van der Waals surface area contributed by atoms with Gasteiger partial charge in [0.2, 0.25) is 5.91 Å². The summed E-state index contributed by atoms with van der Waals surface area (Å²) in [5.74, 6) is -0.603. The number of hydrogen-bond donors (Lipinski definition) is 3. The third-order valence-electron chi connectivity index (χ3n) is 8.37. The van der Waals surface area contributed by atoms with Gasteiger partial charge in [-0.25, -0.2) is 0 Å². The number of benzene rings is 2. The molecule has 2 heterocycles. The van der Waals surface area contributed by atoms with Crippen molar-refractivity contribution in [2.75, 3.05) is 26.2 Å². The minimum Gasteiger partial charge on any atom is -0.392 e. The molecular formula is C33H40N4O4. The van der Waals surface area contributed by atoms with Crippen LogP contribution in [0.4, 0.5) is 0 Å². The van der Waals surface area contributed by atoms with Gasteiger partial charge in [-0.1, -0.05) is 60.7 Å². The number of carbonyl (C=O) groups excluding carboxylic acids is 2. The molecule has 0 bridgehead atoms. The van der Waals surface area contributed by atoms with Crippen molar-refractivity contribution in [1.29, 1.82) is 0 Å². The van der Waals surface area contributed by atoms with Gasteiger partial charge in [-0.15, -0.1) is 0 Å². The summed E-state index contributed by atoms with van der Waals surface area (Å²) in [6.07, 6.45) is 3.36. The van der Waals surface area contributed by atoms with Crippen LogP contribution in [0.3, 0.4) is 0 Å². The van der Waals surface area contributed by atoms with Crippen LogP contribution in [0.2, 0.25) is 0 Å². The minimum absolute atomic E-state index is 0.0700. The van der Waals surface area contributed by atoms with Crippen LogP contribution in [-0.2, 0) is 29.0 Å². The predicted octanol–water partition coefficient (Wildman–Crippen LogP) is 2.54. The Morgan fingerprint density at radius 1 is 1.02 bits per heavy atom. The highest BCUT2D eigenvalue weighted by Crippen LogP contribution is 2.32. The lowest BCUT2D eigenvalue weighted by Gasteiger charge is -2.41. The van der Waals surface area contributed by atoms with E-state index >= 15 is 0 Å². The molecule has 1 aliphatic carbocycles. The molecule has 1 amide bonds. The molecule has 0 spiro atoms. The number of hydrogen-bond acceptors (Lipinski definition) is 7. The number of aliphatic hydroxyl groups is 2. The minimum atomic E-state index is -0.790. The molecule has 5 atom stereocenters. The van der Waals surface area contributed by atoms with Gasteiger partial charge < -0.3 is 15.5 Å². The van der Waals surface area contributed by atoms with Crippen LogP contribution in [0.1, 0.15) is 41.6 Å². The van der Waals surface area contributed by atoms with Gasteiger partial charge in [-0.3, -0.25) is 24.4 Å². The van der Waals surface area contributed by atoms with Crippen molar-refractivity contribution >= 4 is 11.7 Å². The number of aromatic nitrogens is 1. The summed E-state index contributed by atoms with van der Waals surface area (Å²) in [4.78, 5) is 34.8. The Labute approximate surface area is 242 Å². The number of amides is 1. The molecule has 1 aromatic heterocycles. The number of pyridine rings is 1. The number of β-amino-alcohol motifs (C(OH)–C–C–N with tert-alkyl or cyclic N) is 1. The van der Waals surface area contributed by atoms with Gasteiger partial charge in [-0.05, 0) is 48.1 Å². The predicted molar refractivity (Wildman–Crippen MR) is 157 cm³/mol. The Hall–Kier alpha value is -3.43. The third-order valence-corrected chi connectivity index (χ3v) is 8.37. The fraction of sp³-hybridized carbons (Fsp3) is 0.424. The van der Waals surface area contributed by atoms with Crippen LogP contribution < -0.4 is 5.32 Å². The van der Waals surface area contributed by atoms with Crippen LogP contribution in [0.5, 0.6) is 0 Å². The molecule has 1 fully saturated rings. The fourth-order valence-corrected chi connectivity index (χ4v) is 6.25. The summed E-state index contributed by atoms with van der Waals surface area (Å²) in [7, 11) is 0. The van der Waals surface area contributed by atoms with Gasteiger partial charge in [-0.2, -0.15) is 0 Å². The normalized spacial score (nSPS) is 22.6. The molecule has 5 rings (SSSR count). The number of carbonyl (C=O) groups is 2. The van der Waals surface area contributed by atoms with Gasteiger partial charge in [0.25, 0.3) is 0 Å². The first-order valence-corrected chi connectivity index (χ1v) is 14.5. The van der Waals surface area contributed by atoms with E-state index in [0.717, 1.165) is 35.3 Å². The number of Topliss-reactive ketones (excluding diaryl/α,β-unsaturated/α-hetero) is 1. The van der Waals surface area contributed by atoms with Crippen molar-refractivity contribution in [1.82, 2.24) is 20.1 Å². The highest BCUT2D eigenvalue weighted by molar-refractivity contribution is 5.82. The van der Waals surface area contributed by atoms with Crippen molar-refractivity contribution < 1.29 is 19.8 Å². The maximum atomic E-state index is 13.7. The number of nitrogens with zero attached hydrogens (tertiary/aromatic N) is 3. The molecule has 3 aromatic rings. The second-order valence-electron chi connectivity index (χ2n) is 11.5. The molecule has 1 saturated heterocycles. The van der Waals surface area contributed by atoms with E-state index in [4.69, 9.17) is 0 Å². The van der Waals surface area contributed by atoms with E-state index in [0.29, 0.717) is 32.5 Å². The average molecular weight is 557 g/mol. The molecule has 2 aromatic carbocycles. The Kier molecular flexibility index (Phi) is 9.57. The smallest absolute Gasteiger partial charge is 0.224 e. The number of aliphatic hydroxyl groups excluding tert-OH is 2. The molecule has 1 aliphatic heterocycles. The van der Waals surface area contributed by atoms with Crippen LogP contribution in [0.25, 0.3) is 0 Å². The molecule has 41 heavy (non-hydrogen) atoms. The molecule has 0 radical (unpaired) electrons. The van der Waals surface area contributed by atoms with Gasteiger partial charge in [0.1, 0.15) is 5.78 Å². The third kappa shape index (κ3) is 7.45. The summed E-state index contributed by atoms with van der Waals surface area (Å²) in [5.41, 5.74) is 4.11. The topological polar surface area (TPSA) is 106 Å². The first kappa shape index (κ1) is 29.1. The average Bonchev–Trinajstić information content (AvgIpc) is 3.29. The van der Waals surface area contributed by atoms with E-state index < -0.39 is 24.2 Å². The zero-order chi connectivity index (χ0) is 28.8. The number of piperazine rings is 1. The second-order valence-corrected chi connectivity index (χ2v) is 11.5. The highest BCUT2D eigenvalue weighted by Gasteiger charge is 2.35. The van der Waals surface area contributed by atoms with Crippen LogP contribution >= 0.6 is 0 Å². The summed E-state index contributed by atoms with van der Waals surface area (Å²) >= 11 is 0. The molecule has 216 valence electrons. The molecule has 0 saturated carbocycles. The van der Waals surface area contributed by atoms with Crippen LogP contribution in [0, 0.1) is 5.92 Å². The van der Waals surface area contributed by atoms with Crippen molar-refractivity contribution in [3.63, 3.8) is 0 Å². The Balaban J connectivity index is 1.24. The van der Waals surface area contributed by atoms with Crippen LogP contribution in [-0.4, -0.2) is 81.1 Å². The summed E-state index contributed by atoms with van der Waals surface area (Å²) < 4.78 is 0. The molecule has 5 unspecified atom stereocenters. The SMILES string of the molecule is CC(=O)C1CN(Cc2cccnc2)CCN1CC(O)CC(Cc1ccccc1)C(=O)NC1c2ccccc2CC1O. The van der Waals surface area contributed by atoms with Crippen LogP contribution in [0.15, 0.2) is 79.1 Å². The maximum absolute atomic E-state index is 13.7. The van der Waals surface area contributed by atoms with Crippen molar-refractivity contribution in [3.8, 4) is 0 Å². The van der Waals surface area contributed by atoms with Crippen molar-refractivity contribution in [2.24, 2.45) is 5.92 Å². The monoisotopic (exact) mass is 556 g/mol. The molecule has 8 heteroatoms. The highest BCUT2D eigenvalue weighted by atomic mass is 16.3. The molecular weight excluding hydrogens is 516 g/mol. The number of nitrogens with one attached hydrogen (secondary N) is 1. The van der Waals surface area contributed by atoms with E-state index in [2.05, 4.69) is 20.1 Å². The lowest BCUT2D eigenvalue weighted by atomic mass is 9.91. The standard InChI is InChI=1S/C33H40N4O4/c1-23(38)30-22-36(20-25-10-7-13-34-19-25)14-15-37(30)21-28(39)17-27(16-24-8-3-2-4-9-24)33(41)35-32-29-12-6-5-11-26(29)18-31(32)40/h2-13,19,27-28,30-32,39-40H,14-18,20-22H2,1H3,(H,35,41). The van der Waals surface area contributed by atoms with E-state index in [9.17, 15) is 19.8 Å². The fourth-order valence-electron chi connectivity index (χ4n) is 6.25. The molecule has 3 N–H and O–H groups in total. The van der Waals surface area contributed by atoms with Crippen molar-refractivity contribution in [3.05, 3.63) is 101 Å². The number of fused-ring (bicyclic) bond motifs is 1. The Bertz CT molecular complexity index is 1300. The quantitative estimate of drug-likeness (QED) is 0.333. The second kappa shape index (κ2) is 13.5. The first-order chi connectivity index (χ1) is 19.9. The lowest BCUT2D eigenvalue weighted by molar-refractivity contribution is -0.129. The molecule has 2 aliphatic rings. The summed E-state index contributed by atoms with van der Waals surface area (Å²) in [6, 6.07) is 20.8. The maximum Gasteiger partial charge on any atom is 0.224 e. The largest absolute Gasteiger partial charge is 0.392 e. The van der Waals surface area contributed by atoms with Gasteiger partial charge in [0.05, 0.1) is 24.3 Å². The zero-order valence-electron chi connectivity index (χ0n) is 23.6. The van der Waals surface area contributed by atoms with Gasteiger partial charge in [0, 0.05) is 57.5 Å². The Morgan fingerprint density at radius 2 is 1.78 bits per heavy atom. The van der Waals surface area contributed by atoms with E-state index in [-0.39, 0.29) is 24.2 Å². The molecule has 8 nitrogen and oxygen atoms in total. The lowest BCUT2D eigenvalue weighted by Crippen LogP contribution is -2.57.